The van der Waals surface area contributed by atoms with Crippen LogP contribution in [0.1, 0.15) is 0 Å². The zero-order chi connectivity index (χ0) is 11.0. The maximum absolute atomic E-state index is 5.74. The van der Waals surface area contributed by atoms with Gasteiger partial charge in [0.2, 0.25) is 5.28 Å². The number of nitrogens with zero attached hydrogens (tertiary/aromatic N) is 4. The third-order valence-corrected chi connectivity index (χ3v) is 2.83. The monoisotopic (exact) mass is 238 g/mol. The van der Waals surface area contributed by atoms with Crippen LogP contribution in [0.3, 0.4) is 0 Å². The van der Waals surface area contributed by atoms with Crippen LogP contribution in [-0.4, -0.2) is 40.9 Å². The zero-order valence-corrected chi connectivity index (χ0v) is 9.39. The van der Waals surface area contributed by atoms with Gasteiger partial charge < -0.3 is 9.64 Å². The maximum Gasteiger partial charge on any atom is 0.243 e. The molecule has 3 heterocycles. The van der Waals surface area contributed by atoms with Gasteiger partial charge in [-0.25, -0.2) is 4.52 Å². The highest BCUT2D eigenvalue weighted by atomic mass is 35.5. The van der Waals surface area contributed by atoms with Crippen LogP contribution >= 0.6 is 11.6 Å². The summed E-state index contributed by atoms with van der Waals surface area (Å²) in [5.41, 5.74) is 1.89. The molecule has 0 bridgehead atoms. The number of aromatic nitrogens is 3. The van der Waals surface area contributed by atoms with Crippen molar-refractivity contribution in [3.8, 4) is 0 Å². The summed E-state index contributed by atoms with van der Waals surface area (Å²) in [7, 11) is 0. The largest absolute Gasteiger partial charge is 0.378 e. The fraction of sp³-hybridized carbons (Fsp3) is 0.400. The molecule has 1 aliphatic rings. The van der Waals surface area contributed by atoms with E-state index in [0.717, 1.165) is 37.6 Å². The Morgan fingerprint density at radius 2 is 2.06 bits per heavy atom. The minimum atomic E-state index is 0.277. The predicted molar refractivity (Wildman–Crippen MR) is 61.0 cm³/mol. The van der Waals surface area contributed by atoms with Crippen LogP contribution < -0.4 is 4.90 Å². The van der Waals surface area contributed by atoms with E-state index in [1.807, 2.05) is 18.3 Å². The summed E-state index contributed by atoms with van der Waals surface area (Å²) < 4.78 is 7.02. The molecule has 84 valence electrons. The van der Waals surface area contributed by atoms with Crippen LogP contribution in [0, 0.1) is 0 Å². The maximum atomic E-state index is 5.74. The Labute approximate surface area is 97.6 Å². The van der Waals surface area contributed by atoms with Gasteiger partial charge in [-0.3, -0.25) is 0 Å². The molecule has 3 rings (SSSR count). The smallest absolute Gasteiger partial charge is 0.243 e. The Morgan fingerprint density at radius 3 is 2.88 bits per heavy atom. The van der Waals surface area contributed by atoms with Crippen LogP contribution in [-0.2, 0) is 4.74 Å². The summed E-state index contributed by atoms with van der Waals surface area (Å²) in [5, 5.41) is 4.36. The second kappa shape index (κ2) is 3.92. The van der Waals surface area contributed by atoms with E-state index in [2.05, 4.69) is 15.0 Å². The summed E-state index contributed by atoms with van der Waals surface area (Å²) in [6.45, 7) is 3.37. The van der Waals surface area contributed by atoms with E-state index in [4.69, 9.17) is 16.3 Å². The average molecular weight is 239 g/mol. The molecule has 1 fully saturated rings. The van der Waals surface area contributed by atoms with Crippen LogP contribution in [0.15, 0.2) is 18.3 Å². The van der Waals surface area contributed by atoms with Crippen molar-refractivity contribution >= 4 is 22.9 Å². The highest BCUT2D eigenvalue weighted by Crippen LogP contribution is 2.17. The van der Waals surface area contributed by atoms with Crippen LogP contribution in [0.2, 0.25) is 5.28 Å². The topological polar surface area (TPSA) is 42.7 Å². The summed E-state index contributed by atoms with van der Waals surface area (Å²) in [6, 6.07) is 3.95. The fourth-order valence-electron chi connectivity index (χ4n) is 1.85. The highest BCUT2D eigenvalue weighted by molar-refractivity contribution is 6.28. The Balaban J connectivity index is 1.97. The first-order valence-electron chi connectivity index (χ1n) is 5.17. The molecule has 2 aromatic heterocycles. The third kappa shape index (κ3) is 1.72. The predicted octanol–water partition coefficient (Wildman–Crippen LogP) is 1.22. The number of anilines is 1. The number of ether oxygens (including phenoxy) is 1. The number of pyridine rings is 1. The number of morpholine rings is 1. The Morgan fingerprint density at radius 1 is 1.25 bits per heavy atom. The Bertz CT molecular complexity index is 506. The highest BCUT2D eigenvalue weighted by Gasteiger charge is 2.12. The van der Waals surface area contributed by atoms with E-state index in [0.29, 0.717) is 0 Å². The van der Waals surface area contributed by atoms with Crippen molar-refractivity contribution in [3.63, 3.8) is 0 Å². The number of halogens is 1. The molecule has 0 aromatic carbocycles. The second-order valence-corrected chi connectivity index (χ2v) is 4.01. The lowest BCUT2D eigenvalue weighted by atomic mass is 10.3. The number of fused-ring (bicyclic) bond motifs is 1. The normalized spacial score (nSPS) is 16.9. The van der Waals surface area contributed by atoms with Crippen molar-refractivity contribution in [1.82, 2.24) is 14.6 Å². The third-order valence-electron chi connectivity index (χ3n) is 2.67. The molecule has 1 saturated heterocycles. The van der Waals surface area contributed by atoms with E-state index < -0.39 is 0 Å². The van der Waals surface area contributed by atoms with Gasteiger partial charge in [0, 0.05) is 13.1 Å². The molecule has 0 radical (unpaired) electrons. The lowest BCUT2D eigenvalue weighted by Gasteiger charge is -2.28. The molecular weight excluding hydrogens is 228 g/mol. The average Bonchev–Trinajstić information content (AvgIpc) is 2.69. The van der Waals surface area contributed by atoms with Gasteiger partial charge in [0.15, 0.2) is 5.65 Å². The van der Waals surface area contributed by atoms with Crippen molar-refractivity contribution in [2.24, 2.45) is 0 Å². The number of hydrogen-bond donors (Lipinski definition) is 0. The van der Waals surface area contributed by atoms with E-state index >= 15 is 0 Å². The van der Waals surface area contributed by atoms with Gasteiger partial charge in [0.25, 0.3) is 0 Å². The molecule has 0 atom stereocenters. The summed E-state index contributed by atoms with van der Waals surface area (Å²) in [6.07, 6.45) is 1.94. The SMILES string of the molecule is Clc1nc2ccc(N3CCOCC3)cn2n1. The Hall–Kier alpha value is -1.33. The second-order valence-electron chi connectivity index (χ2n) is 3.67. The van der Waals surface area contributed by atoms with E-state index in [-0.39, 0.29) is 5.28 Å². The molecule has 0 aliphatic carbocycles. The fourth-order valence-corrected chi connectivity index (χ4v) is 2.02. The first-order valence-corrected chi connectivity index (χ1v) is 5.55. The molecule has 1 aliphatic heterocycles. The van der Waals surface area contributed by atoms with Gasteiger partial charge in [-0.05, 0) is 23.7 Å². The molecule has 0 N–H and O–H groups in total. The molecule has 0 spiro atoms. The van der Waals surface area contributed by atoms with Crippen LogP contribution in [0.25, 0.3) is 5.65 Å². The van der Waals surface area contributed by atoms with Gasteiger partial charge >= 0.3 is 0 Å². The molecule has 0 unspecified atom stereocenters. The molecule has 16 heavy (non-hydrogen) atoms. The molecule has 2 aromatic rings. The molecule has 6 heteroatoms. The number of hydrogen-bond acceptors (Lipinski definition) is 4. The lowest BCUT2D eigenvalue weighted by molar-refractivity contribution is 0.122. The standard InChI is InChI=1S/C10H11ClN4O/c11-10-12-9-2-1-8(7-15(9)13-10)14-3-5-16-6-4-14/h1-2,7H,3-6H2. The molecular formula is C10H11ClN4O. The number of rotatable bonds is 1. The summed E-state index contributed by atoms with van der Waals surface area (Å²) in [5.74, 6) is 0. The zero-order valence-electron chi connectivity index (χ0n) is 8.64. The van der Waals surface area contributed by atoms with Crippen molar-refractivity contribution in [2.75, 3.05) is 31.2 Å². The Kier molecular flexibility index (Phi) is 2.41. The lowest BCUT2D eigenvalue weighted by Crippen LogP contribution is -2.36. The van der Waals surface area contributed by atoms with Gasteiger partial charge in [0.1, 0.15) is 0 Å². The minimum Gasteiger partial charge on any atom is -0.378 e. The van der Waals surface area contributed by atoms with Gasteiger partial charge in [-0.1, -0.05) is 0 Å². The van der Waals surface area contributed by atoms with Crippen molar-refractivity contribution in [2.45, 2.75) is 0 Å². The first-order chi connectivity index (χ1) is 7.83. The van der Waals surface area contributed by atoms with Gasteiger partial charge in [0.05, 0.1) is 25.1 Å². The summed E-state index contributed by atoms with van der Waals surface area (Å²) in [4.78, 5) is 6.34. The minimum absolute atomic E-state index is 0.277. The van der Waals surface area contributed by atoms with E-state index in [1.165, 1.54) is 0 Å². The van der Waals surface area contributed by atoms with Crippen LogP contribution in [0.4, 0.5) is 5.69 Å². The van der Waals surface area contributed by atoms with Gasteiger partial charge in [-0.15, -0.1) is 5.10 Å². The van der Waals surface area contributed by atoms with Crippen LogP contribution in [0.5, 0.6) is 0 Å². The molecule has 0 amide bonds. The van der Waals surface area contributed by atoms with Gasteiger partial charge in [-0.2, -0.15) is 4.98 Å². The summed E-state index contributed by atoms with van der Waals surface area (Å²) >= 11 is 5.74. The molecule has 0 saturated carbocycles. The van der Waals surface area contributed by atoms with Crippen molar-refractivity contribution in [1.29, 1.82) is 0 Å². The quantitative estimate of drug-likeness (QED) is 0.749. The van der Waals surface area contributed by atoms with E-state index in [1.54, 1.807) is 4.52 Å². The van der Waals surface area contributed by atoms with Crippen molar-refractivity contribution in [3.05, 3.63) is 23.6 Å². The van der Waals surface area contributed by atoms with Crippen molar-refractivity contribution < 1.29 is 4.74 Å². The molecule has 5 nitrogen and oxygen atoms in total. The first kappa shape index (κ1) is 9.86. The van der Waals surface area contributed by atoms with E-state index in [9.17, 15) is 0 Å².